The van der Waals surface area contributed by atoms with Crippen molar-refractivity contribution >= 4 is 65.7 Å². The minimum Gasteiger partial charge on any atom is -0.282 e. The predicted octanol–water partition coefficient (Wildman–Crippen LogP) is 7.43. The number of fused-ring (bicyclic) bond motifs is 3. The molecule has 1 aromatic heterocycles. The normalized spacial score (nSPS) is 11.7. The lowest BCUT2D eigenvalue weighted by Crippen LogP contribution is -2.04. The van der Waals surface area contributed by atoms with Gasteiger partial charge in [-0.1, -0.05) is 24.3 Å². The van der Waals surface area contributed by atoms with E-state index in [-0.39, 0.29) is 4.70 Å². The number of nitriles is 1. The molecule has 27 heavy (non-hydrogen) atoms. The fourth-order valence-electron chi connectivity index (χ4n) is 2.99. The Hall–Kier alpha value is -2.31. The first kappa shape index (κ1) is 18.1. The Bertz CT molecular complexity index is 1190. The van der Waals surface area contributed by atoms with Gasteiger partial charge in [0.1, 0.15) is 0 Å². The maximum Gasteiger partial charge on any atom is 0.417 e. The molecule has 0 radical (unpaired) electrons. The van der Waals surface area contributed by atoms with Crippen LogP contribution in [-0.4, -0.2) is 0 Å². The molecule has 0 saturated heterocycles. The lowest BCUT2D eigenvalue weighted by Gasteiger charge is -2.17. The van der Waals surface area contributed by atoms with Crippen LogP contribution in [0, 0.1) is 11.3 Å². The molecule has 0 aliphatic rings. The first-order valence-electron chi connectivity index (χ1n) is 7.87. The van der Waals surface area contributed by atoms with E-state index in [2.05, 4.69) is 28.9 Å². The molecule has 4 rings (SSSR count). The zero-order valence-corrected chi connectivity index (χ0v) is 16.6. The highest BCUT2D eigenvalue weighted by Gasteiger charge is 2.33. The predicted molar refractivity (Wildman–Crippen MR) is 112 cm³/mol. The molecule has 0 aliphatic carbocycles. The Labute approximate surface area is 170 Å². The SMILES string of the molecule is N#Cc1ccc(N(I)c2cccc3c2sc2c(C(F)(F)F)cccc23)cc1. The van der Waals surface area contributed by atoms with Crippen LogP contribution in [0.1, 0.15) is 11.1 Å². The molecule has 0 fully saturated rings. The van der Waals surface area contributed by atoms with Crippen molar-refractivity contribution in [2.75, 3.05) is 3.11 Å². The van der Waals surface area contributed by atoms with Crippen molar-refractivity contribution in [1.29, 1.82) is 5.26 Å². The summed E-state index contributed by atoms with van der Waals surface area (Å²) in [6.07, 6.45) is -4.39. The lowest BCUT2D eigenvalue weighted by atomic mass is 10.1. The van der Waals surface area contributed by atoms with Gasteiger partial charge in [0, 0.05) is 15.5 Å². The summed E-state index contributed by atoms with van der Waals surface area (Å²) in [5.74, 6) is 0. The highest BCUT2D eigenvalue weighted by atomic mass is 127. The molecule has 0 bridgehead atoms. The molecule has 0 spiro atoms. The molecule has 2 nitrogen and oxygen atoms in total. The Morgan fingerprint density at radius 3 is 2.15 bits per heavy atom. The van der Waals surface area contributed by atoms with Gasteiger partial charge in [0.15, 0.2) is 0 Å². The number of nitrogens with zero attached hydrogens (tertiary/aromatic N) is 2. The van der Waals surface area contributed by atoms with E-state index in [1.165, 1.54) is 6.07 Å². The summed E-state index contributed by atoms with van der Waals surface area (Å²) in [6.45, 7) is 0. The van der Waals surface area contributed by atoms with Gasteiger partial charge >= 0.3 is 6.18 Å². The van der Waals surface area contributed by atoms with Gasteiger partial charge in [-0.25, -0.2) is 0 Å². The van der Waals surface area contributed by atoms with Crippen LogP contribution in [0.3, 0.4) is 0 Å². The highest BCUT2D eigenvalue weighted by molar-refractivity contribution is 14.1. The van der Waals surface area contributed by atoms with Crippen molar-refractivity contribution in [3.05, 3.63) is 71.8 Å². The third kappa shape index (κ3) is 3.13. The van der Waals surface area contributed by atoms with E-state index in [0.29, 0.717) is 10.9 Å². The van der Waals surface area contributed by atoms with Crippen molar-refractivity contribution in [2.24, 2.45) is 0 Å². The zero-order valence-electron chi connectivity index (χ0n) is 13.6. The molecule has 0 saturated carbocycles. The van der Waals surface area contributed by atoms with Gasteiger partial charge < -0.3 is 0 Å². The summed E-state index contributed by atoms with van der Waals surface area (Å²) in [4.78, 5) is 0. The lowest BCUT2D eigenvalue weighted by molar-refractivity contribution is -0.136. The molecular weight excluding hydrogens is 484 g/mol. The van der Waals surface area contributed by atoms with Crippen LogP contribution < -0.4 is 3.11 Å². The fraction of sp³-hybridized carbons (Fsp3) is 0.0500. The van der Waals surface area contributed by atoms with Gasteiger partial charge in [-0.3, -0.25) is 3.11 Å². The summed E-state index contributed by atoms with van der Waals surface area (Å²) in [5.41, 5.74) is 1.60. The molecule has 0 amide bonds. The zero-order chi connectivity index (χ0) is 19.2. The Morgan fingerprint density at radius 2 is 1.52 bits per heavy atom. The van der Waals surface area contributed by atoms with Gasteiger partial charge in [0.05, 0.1) is 56.1 Å². The van der Waals surface area contributed by atoms with Crippen LogP contribution in [0.15, 0.2) is 60.7 Å². The minimum absolute atomic E-state index is 0.247. The fourth-order valence-corrected chi connectivity index (χ4v) is 5.21. The first-order valence-corrected chi connectivity index (χ1v) is 9.66. The van der Waals surface area contributed by atoms with E-state index in [9.17, 15) is 13.2 Å². The summed E-state index contributed by atoms with van der Waals surface area (Å²) >= 11 is 3.28. The molecule has 1 heterocycles. The Balaban J connectivity index is 1.93. The van der Waals surface area contributed by atoms with Gasteiger partial charge in [0.25, 0.3) is 0 Å². The number of rotatable bonds is 2. The first-order chi connectivity index (χ1) is 12.9. The van der Waals surface area contributed by atoms with Crippen LogP contribution in [0.4, 0.5) is 24.5 Å². The summed E-state index contributed by atoms with van der Waals surface area (Å²) < 4.78 is 43.2. The molecule has 7 heteroatoms. The monoisotopic (exact) mass is 494 g/mol. The second-order valence-corrected chi connectivity index (χ2v) is 7.86. The second-order valence-electron chi connectivity index (χ2n) is 5.88. The topological polar surface area (TPSA) is 27.0 Å². The summed E-state index contributed by atoms with van der Waals surface area (Å²) in [6, 6.07) is 19.0. The van der Waals surface area contributed by atoms with Crippen molar-refractivity contribution < 1.29 is 13.2 Å². The van der Waals surface area contributed by atoms with E-state index < -0.39 is 11.7 Å². The van der Waals surface area contributed by atoms with Gasteiger partial charge in [-0.2, -0.15) is 18.4 Å². The maximum atomic E-state index is 13.4. The van der Waals surface area contributed by atoms with Crippen molar-refractivity contribution in [1.82, 2.24) is 0 Å². The highest BCUT2D eigenvalue weighted by Crippen LogP contribution is 2.46. The molecule has 4 aromatic rings. The van der Waals surface area contributed by atoms with Gasteiger partial charge in [-0.05, 0) is 36.4 Å². The van der Waals surface area contributed by atoms with E-state index in [1.807, 2.05) is 33.4 Å². The van der Waals surface area contributed by atoms with Crippen LogP contribution in [0.2, 0.25) is 0 Å². The van der Waals surface area contributed by atoms with Crippen LogP contribution >= 0.6 is 34.2 Å². The Kier molecular flexibility index (Phi) is 4.48. The quantitative estimate of drug-likeness (QED) is 0.214. The molecule has 3 aromatic carbocycles. The second kappa shape index (κ2) is 6.69. The molecule has 0 aliphatic heterocycles. The molecular formula is C20H10F3IN2S. The smallest absolute Gasteiger partial charge is 0.282 e. The third-order valence-corrected chi connectivity index (χ3v) is 6.60. The minimum atomic E-state index is -4.39. The number of alkyl halides is 3. The largest absolute Gasteiger partial charge is 0.417 e. The Morgan fingerprint density at radius 1 is 0.889 bits per heavy atom. The average molecular weight is 494 g/mol. The molecule has 0 N–H and O–H groups in total. The number of hydrogen-bond acceptors (Lipinski definition) is 3. The van der Waals surface area contributed by atoms with Crippen molar-refractivity contribution in [2.45, 2.75) is 6.18 Å². The number of anilines is 2. The number of hydrogen-bond donors (Lipinski definition) is 0. The third-order valence-electron chi connectivity index (χ3n) is 4.24. The standard InChI is InChI=1S/C20H10F3IN2S/c21-20(22,23)16-5-1-3-14-15-4-2-6-17(19(15)27-18(14)16)26(24)13-9-7-12(11-25)8-10-13/h1-10H. The van der Waals surface area contributed by atoms with Gasteiger partial charge in [-0.15, -0.1) is 11.3 Å². The van der Waals surface area contributed by atoms with Crippen LogP contribution in [0.5, 0.6) is 0 Å². The van der Waals surface area contributed by atoms with E-state index >= 15 is 0 Å². The molecule has 134 valence electrons. The number of thiophene rings is 1. The van der Waals surface area contributed by atoms with E-state index in [0.717, 1.165) is 38.9 Å². The van der Waals surface area contributed by atoms with Crippen molar-refractivity contribution in [3.8, 4) is 6.07 Å². The van der Waals surface area contributed by atoms with Crippen molar-refractivity contribution in [3.63, 3.8) is 0 Å². The van der Waals surface area contributed by atoms with E-state index in [4.69, 9.17) is 5.26 Å². The van der Waals surface area contributed by atoms with Crippen LogP contribution in [0.25, 0.3) is 20.2 Å². The number of halogens is 4. The summed E-state index contributed by atoms with van der Waals surface area (Å²) in [5, 5.41) is 10.3. The molecule has 0 unspecified atom stereocenters. The maximum absolute atomic E-state index is 13.4. The van der Waals surface area contributed by atoms with Crippen LogP contribution in [-0.2, 0) is 6.18 Å². The average Bonchev–Trinajstić information content (AvgIpc) is 3.05. The number of benzene rings is 3. The molecule has 0 atom stereocenters. The van der Waals surface area contributed by atoms with E-state index in [1.54, 1.807) is 18.2 Å². The van der Waals surface area contributed by atoms with Gasteiger partial charge in [0.2, 0.25) is 0 Å². The summed E-state index contributed by atoms with van der Waals surface area (Å²) in [7, 11) is 0.